The highest BCUT2D eigenvalue weighted by molar-refractivity contribution is 5.87. The average Bonchev–Trinajstić information content (AvgIpc) is 3.19. The van der Waals surface area contributed by atoms with Crippen molar-refractivity contribution in [3.63, 3.8) is 0 Å². The summed E-state index contributed by atoms with van der Waals surface area (Å²) in [6, 6.07) is 9.87. The third-order valence-electron chi connectivity index (χ3n) is 3.35. The van der Waals surface area contributed by atoms with Gasteiger partial charge >= 0.3 is 0 Å². The van der Waals surface area contributed by atoms with E-state index in [2.05, 4.69) is 30.5 Å². The number of aryl methyl sites for hydroxylation is 1. The van der Waals surface area contributed by atoms with Crippen molar-refractivity contribution in [3.8, 4) is 11.4 Å². The second kappa shape index (κ2) is 4.96. The molecule has 4 rings (SSSR count). The van der Waals surface area contributed by atoms with Crippen LogP contribution < -0.4 is 5.32 Å². The molecule has 0 spiro atoms. The molecule has 0 amide bonds. The van der Waals surface area contributed by atoms with Crippen LogP contribution in [-0.2, 0) is 7.05 Å². The summed E-state index contributed by atoms with van der Waals surface area (Å²) >= 11 is 0. The molecule has 22 heavy (non-hydrogen) atoms. The number of hydrogen-bond acceptors (Lipinski definition) is 5. The summed E-state index contributed by atoms with van der Waals surface area (Å²) < 4.78 is 1.88. The Bertz CT molecular complexity index is 910. The highest BCUT2D eigenvalue weighted by atomic mass is 15.2. The molecule has 0 saturated heterocycles. The van der Waals surface area contributed by atoms with Crippen LogP contribution in [-0.4, -0.2) is 29.7 Å². The van der Waals surface area contributed by atoms with Gasteiger partial charge in [-0.1, -0.05) is 30.3 Å². The first-order valence-electron chi connectivity index (χ1n) is 6.81. The summed E-state index contributed by atoms with van der Waals surface area (Å²) in [6.45, 7) is 0. The van der Waals surface area contributed by atoms with Crippen molar-refractivity contribution in [3.05, 3.63) is 49.1 Å². The van der Waals surface area contributed by atoms with E-state index in [1.165, 1.54) is 0 Å². The van der Waals surface area contributed by atoms with Gasteiger partial charge in [0, 0.05) is 18.8 Å². The van der Waals surface area contributed by atoms with Crippen LogP contribution in [0.15, 0.2) is 49.1 Å². The van der Waals surface area contributed by atoms with Crippen molar-refractivity contribution in [2.24, 2.45) is 7.05 Å². The minimum atomic E-state index is 0.655. The smallest absolute Gasteiger partial charge is 0.165 e. The van der Waals surface area contributed by atoms with Crippen molar-refractivity contribution < 1.29 is 0 Å². The number of hydrogen-bond donors (Lipinski definition) is 2. The lowest BCUT2D eigenvalue weighted by molar-refractivity contribution is 0.929. The van der Waals surface area contributed by atoms with E-state index in [-0.39, 0.29) is 0 Å². The predicted octanol–water partition coefficient (Wildman–Crippen LogP) is 2.50. The molecule has 4 aromatic rings. The number of aromatic nitrogens is 6. The maximum absolute atomic E-state index is 4.62. The van der Waals surface area contributed by atoms with Crippen LogP contribution >= 0.6 is 0 Å². The zero-order valence-corrected chi connectivity index (χ0v) is 11.9. The summed E-state index contributed by atoms with van der Waals surface area (Å²) in [5, 5.41) is 9.93. The Morgan fingerprint density at radius 2 is 2.00 bits per heavy atom. The first kappa shape index (κ1) is 12.5. The molecule has 0 fully saturated rings. The highest BCUT2D eigenvalue weighted by Gasteiger charge is 2.13. The fourth-order valence-electron chi connectivity index (χ4n) is 2.27. The number of anilines is 2. The molecule has 0 aliphatic heterocycles. The zero-order valence-electron chi connectivity index (χ0n) is 11.9. The second-order valence-corrected chi connectivity index (χ2v) is 4.90. The molecular weight excluding hydrogens is 278 g/mol. The minimum absolute atomic E-state index is 0.655. The first-order valence-corrected chi connectivity index (χ1v) is 6.81. The first-order chi connectivity index (χ1) is 10.8. The van der Waals surface area contributed by atoms with Gasteiger partial charge in [-0.3, -0.25) is 5.10 Å². The summed E-state index contributed by atoms with van der Waals surface area (Å²) in [4.78, 5) is 13.6. The van der Waals surface area contributed by atoms with Gasteiger partial charge in [-0.05, 0) is 0 Å². The van der Waals surface area contributed by atoms with Crippen molar-refractivity contribution >= 4 is 22.7 Å². The van der Waals surface area contributed by atoms with Gasteiger partial charge in [0.1, 0.15) is 0 Å². The van der Waals surface area contributed by atoms with Crippen molar-refractivity contribution in [2.75, 3.05) is 5.32 Å². The molecule has 7 nitrogen and oxygen atoms in total. The Balaban J connectivity index is 1.90. The number of benzene rings is 1. The van der Waals surface area contributed by atoms with Gasteiger partial charge in [-0.15, -0.1) is 0 Å². The SMILES string of the molecule is Cn1cnc2c(Nc3cn[nH]c3)nc(-c3ccccc3)nc21. The van der Waals surface area contributed by atoms with Crippen LogP contribution in [0.3, 0.4) is 0 Å². The summed E-state index contributed by atoms with van der Waals surface area (Å²) in [5.74, 6) is 1.31. The van der Waals surface area contributed by atoms with Crippen LogP contribution in [0.25, 0.3) is 22.6 Å². The molecule has 2 N–H and O–H groups in total. The van der Waals surface area contributed by atoms with Crippen LogP contribution in [0.2, 0.25) is 0 Å². The van der Waals surface area contributed by atoms with Gasteiger partial charge in [0.25, 0.3) is 0 Å². The van der Waals surface area contributed by atoms with Crippen molar-refractivity contribution in [1.29, 1.82) is 0 Å². The van der Waals surface area contributed by atoms with Gasteiger partial charge < -0.3 is 9.88 Å². The number of nitrogens with one attached hydrogen (secondary N) is 2. The van der Waals surface area contributed by atoms with Crippen LogP contribution in [0.1, 0.15) is 0 Å². The number of H-pyrrole nitrogens is 1. The number of imidazole rings is 1. The number of rotatable bonds is 3. The predicted molar refractivity (Wildman–Crippen MR) is 83.6 cm³/mol. The van der Waals surface area contributed by atoms with Crippen LogP contribution in [0.5, 0.6) is 0 Å². The van der Waals surface area contributed by atoms with Gasteiger partial charge in [-0.2, -0.15) is 5.10 Å². The monoisotopic (exact) mass is 291 g/mol. The maximum Gasteiger partial charge on any atom is 0.165 e. The van der Waals surface area contributed by atoms with Gasteiger partial charge in [0.05, 0.1) is 18.2 Å². The molecule has 0 atom stereocenters. The summed E-state index contributed by atoms with van der Waals surface area (Å²) in [7, 11) is 1.92. The molecule has 0 radical (unpaired) electrons. The molecule has 3 aromatic heterocycles. The van der Waals surface area contributed by atoms with Gasteiger partial charge in [0.2, 0.25) is 0 Å². The van der Waals surface area contributed by atoms with E-state index in [4.69, 9.17) is 0 Å². The third-order valence-corrected chi connectivity index (χ3v) is 3.35. The second-order valence-electron chi connectivity index (χ2n) is 4.90. The van der Waals surface area contributed by atoms with Crippen LogP contribution in [0, 0.1) is 0 Å². The molecule has 0 saturated carbocycles. The maximum atomic E-state index is 4.62. The Hall–Kier alpha value is -3.22. The lowest BCUT2D eigenvalue weighted by Crippen LogP contribution is -2.00. The van der Waals surface area contributed by atoms with Crippen LogP contribution in [0.4, 0.5) is 11.5 Å². The van der Waals surface area contributed by atoms with E-state index in [1.807, 2.05) is 41.9 Å². The standard InChI is InChI=1S/C15H13N7/c1-22-9-16-12-14(19-11-7-17-18-8-11)20-13(21-15(12)22)10-5-3-2-4-6-10/h2-9H,1H3,(H,17,18)(H,19,20,21). The van der Waals surface area contributed by atoms with E-state index in [0.29, 0.717) is 11.6 Å². The van der Waals surface area contributed by atoms with Gasteiger partial charge in [-0.25, -0.2) is 15.0 Å². The Kier molecular flexibility index (Phi) is 2.82. The molecule has 7 heteroatoms. The third kappa shape index (κ3) is 2.08. The largest absolute Gasteiger partial charge is 0.336 e. The number of nitrogens with zero attached hydrogens (tertiary/aromatic N) is 5. The topological polar surface area (TPSA) is 84.3 Å². The summed E-state index contributed by atoms with van der Waals surface area (Å²) in [6.07, 6.45) is 5.19. The van der Waals surface area contributed by atoms with E-state index >= 15 is 0 Å². The van der Waals surface area contributed by atoms with Crippen molar-refractivity contribution in [1.82, 2.24) is 29.7 Å². The van der Waals surface area contributed by atoms with E-state index < -0.39 is 0 Å². The van der Waals surface area contributed by atoms with Crippen molar-refractivity contribution in [2.45, 2.75) is 0 Å². The Morgan fingerprint density at radius 1 is 1.14 bits per heavy atom. The molecule has 108 valence electrons. The molecule has 3 heterocycles. The molecule has 0 bridgehead atoms. The molecule has 0 aliphatic rings. The normalized spacial score (nSPS) is 11.0. The fourth-order valence-corrected chi connectivity index (χ4v) is 2.27. The number of aromatic amines is 1. The summed E-state index contributed by atoms with van der Waals surface area (Å²) in [5.41, 5.74) is 3.29. The van der Waals surface area contributed by atoms with E-state index in [1.54, 1.807) is 18.7 Å². The zero-order chi connectivity index (χ0) is 14.9. The molecule has 0 unspecified atom stereocenters. The molecular formula is C15H13N7. The minimum Gasteiger partial charge on any atom is -0.336 e. The quantitative estimate of drug-likeness (QED) is 0.606. The Labute approximate surface area is 126 Å². The molecule has 1 aromatic carbocycles. The van der Waals surface area contributed by atoms with Gasteiger partial charge in [0.15, 0.2) is 22.8 Å². The number of fused-ring (bicyclic) bond motifs is 1. The lowest BCUT2D eigenvalue weighted by Gasteiger charge is -2.07. The molecule has 0 aliphatic carbocycles. The average molecular weight is 291 g/mol. The van der Waals surface area contributed by atoms with E-state index in [0.717, 1.165) is 22.4 Å². The van der Waals surface area contributed by atoms with E-state index in [9.17, 15) is 0 Å². The Morgan fingerprint density at radius 3 is 2.77 bits per heavy atom. The fraction of sp³-hybridized carbons (Fsp3) is 0.0667. The highest BCUT2D eigenvalue weighted by Crippen LogP contribution is 2.25. The lowest BCUT2D eigenvalue weighted by atomic mass is 10.2.